The standard InChI is InChI=1S/C22H18N6O2/c1-15-6-5-9-17(12-15)23-20(29)14-28-22(30)26-10-11-27-19(21(26)25-28)13-18(24-27)16-7-3-2-4-8-16/h2-13H,14H2,1H3,(H,23,29). The highest BCUT2D eigenvalue weighted by Crippen LogP contribution is 2.20. The molecule has 0 saturated carbocycles. The summed E-state index contributed by atoms with van der Waals surface area (Å²) in [6.45, 7) is 1.77. The van der Waals surface area contributed by atoms with E-state index in [1.54, 1.807) is 23.0 Å². The molecule has 0 unspecified atom stereocenters. The Kier molecular flexibility index (Phi) is 4.17. The molecule has 0 bridgehead atoms. The summed E-state index contributed by atoms with van der Waals surface area (Å²) in [4.78, 5) is 25.2. The Bertz CT molecular complexity index is 1450. The number of benzene rings is 2. The van der Waals surface area contributed by atoms with Crippen molar-refractivity contribution in [3.05, 3.63) is 89.1 Å². The molecule has 1 N–H and O–H groups in total. The van der Waals surface area contributed by atoms with E-state index in [2.05, 4.69) is 15.5 Å². The Hall–Kier alpha value is -4.20. The number of aromatic nitrogens is 5. The first-order valence-electron chi connectivity index (χ1n) is 9.48. The van der Waals surface area contributed by atoms with Crippen LogP contribution in [-0.2, 0) is 11.3 Å². The van der Waals surface area contributed by atoms with Gasteiger partial charge in [-0.2, -0.15) is 5.10 Å². The number of hydrogen-bond donors (Lipinski definition) is 1. The molecule has 0 fully saturated rings. The largest absolute Gasteiger partial charge is 0.350 e. The number of nitrogens with zero attached hydrogens (tertiary/aromatic N) is 5. The lowest BCUT2D eigenvalue weighted by atomic mass is 10.1. The lowest BCUT2D eigenvalue weighted by Crippen LogP contribution is -2.28. The molecule has 0 aliphatic carbocycles. The Morgan fingerprint density at radius 1 is 1.00 bits per heavy atom. The maximum Gasteiger partial charge on any atom is 0.350 e. The minimum absolute atomic E-state index is 0.180. The zero-order chi connectivity index (χ0) is 20.7. The average Bonchev–Trinajstić information content (AvgIpc) is 3.30. The van der Waals surface area contributed by atoms with E-state index in [0.29, 0.717) is 16.9 Å². The highest BCUT2D eigenvalue weighted by molar-refractivity contribution is 5.90. The van der Waals surface area contributed by atoms with Crippen LogP contribution in [0.5, 0.6) is 0 Å². The van der Waals surface area contributed by atoms with Gasteiger partial charge in [0.2, 0.25) is 5.91 Å². The van der Waals surface area contributed by atoms with Crippen LogP contribution in [-0.4, -0.2) is 29.7 Å². The van der Waals surface area contributed by atoms with Crippen molar-refractivity contribution in [3.8, 4) is 11.3 Å². The van der Waals surface area contributed by atoms with E-state index in [-0.39, 0.29) is 18.1 Å². The summed E-state index contributed by atoms with van der Waals surface area (Å²) < 4.78 is 4.27. The van der Waals surface area contributed by atoms with Gasteiger partial charge in [0.05, 0.1) is 5.69 Å². The maximum absolute atomic E-state index is 12.7. The van der Waals surface area contributed by atoms with Gasteiger partial charge in [-0.05, 0) is 30.7 Å². The van der Waals surface area contributed by atoms with Crippen LogP contribution in [0.2, 0.25) is 0 Å². The van der Waals surface area contributed by atoms with E-state index in [0.717, 1.165) is 21.5 Å². The summed E-state index contributed by atoms with van der Waals surface area (Å²) in [6.07, 6.45) is 3.31. The van der Waals surface area contributed by atoms with Crippen LogP contribution in [0, 0.1) is 6.92 Å². The number of anilines is 1. The van der Waals surface area contributed by atoms with E-state index in [1.807, 2.05) is 61.5 Å². The molecule has 0 atom stereocenters. The van der Waals surface area contributed by atoms with Crippen molar-refractivity contribution in [3.63, 3.8) is 0 Å². The van der Waals surface area contributed by atoms with Gasteiger partial charge < -0.3 is 5.32 Å². The van der Waals surface area contributed by atoms with Gasteiger partial charge in [-0.3, -0.25) is 4.79 Å². The van der Waals surface area contributed by atoms with Crippen LogP contribution in [0.15, 0.2) is 77.9 Å². The SMILES string of the molecule is Cc1cccc(NC(=O)Cn2nc3c4cc(-c5ccccc5)nn4ccn3c2=O)c1. The van der Waals surface area contributed by atoms with Crippen molar-refractivity contribution >= 4 is 22.8 Å². The Balaban J connectivity index is 1.50. The summed E-state index contributed by atoms with van der Waals surface area (Å²) in [6, 6.07) is 19.1. The molecule has 2 aromatic carbocycles. The topological polar surface area (TPSA) is 85.7 Å². The van der Waals surface area contributed by atoms with Gasteiger partial charge in [-0.1, -0.05) is 42.5 Å². The fourth-order valence-corrected chi connectivity index (χ4v) is 3.45. The van der Waals surface area contributed by atoms with Crippen LogP contribution < -0.4 is 11.0 Å². The molecule has 0 radical (unpaired) electrons. The Morgan fingerprint density at radius 3 is 2.63 bits per heavy atom. The summed E-state index contributed by atoms with van der Waals surface area (Å²) in [5.41, 5.74) is 4.22. The van der Waals surface area contributed by atoms with Crippen molar-refractivity contribution in [1.82, 2.24) is 23.8 Å². The second-order valence-electron chi connectivity index (χ2n) is 7.08. The van der Waals surface area contributed by atoms with E-state index in [1.165, 1.54) is 4.40 Å². The monoisotopic (exact) mass is 398 g/mol. The molecule has 8 nitrogen and oxygen atoms in total. The van der Waals surface area contributed by atoms with Gasteiger partial charge in [0.1, 0.15) is 12.1 Å². The molecule has 3 aromatic heterocycles. The predicted molar refractivity (Wildman–Crippen MR) is 113 cm³/mol. The van der Waals surface area contributed by atoms with Crippen LogP contribution in [0.1, 0.15) is 5.56 Å². The average molecular weight is 398 g/mol. The number of fused-ring (bicyclic) bond motifs is 3. The number of nitrogens with one attached hydrogen (secondary N) is 1. The molecule has 8 heteroatoms. The maximum atomic E-state index is 12.7. The Morgan fingerprint density at radius 2 is 1.83 bits per heavy atom. The van der Waals surface area contributed by atoms with Crippen molar-refractivity contribution in [2.24, 2.45) is 0 Å². The third-order valence-corrected chi connectivity index (χ3v) is 4.86. The molecule has 5 aromatic rings. The fourth-order valence-electron chi connectivity index (χ4n) is 3.45. The zero-order valence-electron chi connectivity index (χ0n) is 16.2. The van der Waals surface area contributed by atoms with Crippen molar-refractivity contribution in [2.45, 2.75) is 13.5 Å². The molecule has 1 amide bonds. The highest BCUT2D eigenvalue weighted by atomic mass is 16.2. The van der Waals surface area contributed by atoms with E-state index < -0.39 is 0 Å². The number of aryl methyl sites for hydroxylation is 1. The summed E-state index contributed by atoms with van der Waals surface area (Å²) in [7, 11) is 0. The normalized spacial score (nSPS) is 11.2. The number of carbonyl (C=O) groups excluding carboxylic acids is 1. The van der Waals surface area contributed by atoms with E-state index >= 15 is 0 Å². The first kappa shape index (κ1) is 17.9. The molecule has 0 aliphatic rings. The summed E-state index contributed by atoms with van der Waals surface area (Å²) >= 11 is 0. The number of rotatable bonds is 4. The van der Waals surface area contributed by atoms with Gasteiger partial charge in [0.15, 0.2) is 5.65 Å². The lowest BCUT2D eigenvalue weighted by molar-refractivity contribution is -0.117. The molecule has 148 valence electrons. The second-order valence-corrected chi connectivity index (χ2v) is 7.08. The molecular formula is C22H18N6O2. The van der Waals surface area contributed by atoms with E-state index in [9.17, 15) is 9.59 Å². The van der Waals surface area contributed by atoms with Crippen molar-refractivity contribution in [1.29, 1.82) is 0 Å². The van der Waals surface area contributed by atoms with Gasteiger partial charge >= 0.3 is 5.69 Å². The second kappa shape index (κ2) is 7.00. The molecular weight excluding hydrogens is 380 g/mol. The highest BCUT2D eigenvalue weighted by Gasteiger charge is 2.15. The third kappa shape index (κ3) is 3.14. The van der Waals surface area contributed by atoms with E-state index in [4.69, 9.17) is 0 Å². The van der Waals surface area contributed by atoms with Gasteiger partial charge in [-0.25, -0.2) is 18.4 Å². The molecule has 30 heavy (non-hydrogen) atoms. The predicted octanol–water partition coefficient (Wildman–Crippen LogP) is 2.76. The quantitative estimate of drug-likeness (QED) is 0.504. The molecule has 3 heterocycles. The van der Waals surface area contributed by atoms with Crippen LogP contribution in [0.3, 0.4) is 0 Å². The minimum Gasteiger partial charge on any atom is -0.324 e. The van der Waals surface area contributed by atoms with Crippen LogP contribution in [0.4, 0.5) is 5.69 Å². The first-order valence-corrected chi connectivity index (χ1v) is 9.48. The minimum atomic E-state index is -0.380. The van der Waals surface area contributed by atoms with Gasteiger partial charge in [-0.15, -0.1) is 5.10 Å². The fraction of sp³-hybridized carbons (Fsp3) is 0.0909. The molecule has 0 spiro atoms. The molecule has 5 rings (SSSR count). The number of hydrogen-bond acceptors (Lipinski definition) is 4. The number of carbonyl (C=O) groups is 1. The van der Waals surface area contributed by atoms with Gasteiger partial charge in [0, 0.05) is 23.6 Å². The van der Waals surface area contributed by atoms with Crippen molar-refractivity contribution < 1.29 is 4.79 Å². The number of amides is 1. The summed E-state index contributed by atoms with van der Waals surface area (Å²) in [5.74, 6) is -0.319. The molecule has 0 aliphatic heterocycles. The van der Waals surface area contributed by atoms with Crippen LogP contribution >= 0.6 is 0 Å². The summed E-state index contributed by atoms with van der Waals surface area (Å²) in [5, 5.41) is 11.8. The Labute approximate surface area is 171 Å². The first-order chi connectivity index (χ1) is 14.6. The smallest absolute Gasteiger partial charge is 0.324 e. The lowest BCUT2D eigenvalue weighted by Gasteiger charge is -2.05. The van der Waals surface area contributed by atoms with Gasteiger partial charge in [0.25, 0.3) is 0 Å². The zero-order valence-corrected chi connectivity index (χ0v) is 16.2. The molecule has 0 saturated heterocycles. The third-order valence-electron chi connectivity index (χ3n) is 4.86. The van der Waals surface area contributed by atoms with Crippen LogP contribution in [0.25, 0.3) is 22.4 Å². The van der Waals surface area contributed by atoms with Crippen molar-refractivity contribution in [2.75, 3.05) is 5.32 Å².